The SMILES string of the molecule is CCC(NC(C)c1cccnc1)c1ccccc1. The van der Waals surface area contributed by atoms with E-state index in [4.69, 9.17) is 0 Å². The molecule has 1 heterocycles. The van der Waals surface area contributed by atoms with Crippen molar-refractivity contribution in [3.63, 3.8) is 0 Å². The number of rotatable bonds is 5. The van der Waals surface area contributed by atoms with Crippen molar-refractivity contribution in [2.45, 2.75) is 32.4 Å². The molecule has 2 rings (SSSR count). The summed E-state index contributed by atoms with van der Waals surface area (Å²) in [6.45, 7) is 4.39. The highest BCUT2D eigenvalue weighted by atomic mass is 14.9. The van der Waals surface area contributed by atoms with Crippen molar-refractivity contribution >= 4 is 0 Å². The maximum atomic E-state index is 4.17. The van der Waals surface area contributed by atoms with Crippen LogP contribution in [0.5, 0.6) is 0 Å². The Balaban J connectivity index is 2.07. The topological polar surface area (TPSA) is 24.9 Å². The van der Waals surface area contributed by atoms with Crippen molar-refractivity contribution in [1.82, 2.24) is 10.3 Å². The van der Waals surface area contributed by atoms with Gasteiger partial charge in [0.15, 0.2) is 0 Å². The highest BCUT2D eigenvalue weighted by molar-refractivity contribution is 5.20. The van der Waals surface area contributed by atoms with Crippen molar-refractivity contribution in [2.24, 2.45) is 0 Å². The van der Waals surface area contributed by atoms with Crippen LogP contribution in [0.3, 0.4) is 0 Å². The fourth-order valence-corrected chi connectivity index (χ4v) is 2.17. The van der Waals surface area contributed by atoms with Gasteiger partial charge in [-0.25, -0.2) is 0 Å². The molecule has 2 atom stereocenters. The average molecular weight is 240 g/mol. The van der Waals surface area contributed by atoms with Crippen LogP contribution in [-0.2, 0) is 0 Å². The smallest absolute Gasteiger partial charge is 0.0323 e. The minimum atomic E-state index is 0.309. The maximum Gasteiger partial charge on any atom is 0.0323 e. The number of pyridine rings is 1. The molecule has 0 aliphatic carbocycles. The van der Waals surface area contributed by atoms with Crippen LogP contribution in [0.2, 0.25) is 0 Å². The summed E-state index contributed by atoms with van der Waals surface area (Å²) >= 11 is 0. The van der Waals surface area contributed by atoms with Crippen molar-refractivity contribution in [1.29, 1.82) is 0 Å². The predicted molar refractivity (Wildman–Crippen MR) is 75.3 cm³/mol. The Kier molecular flexibility index (Phi) is 4.48. The Labute approximate surface area is 109 Å². The van der Waals surface area contributed by atoms with Crippen molar-refractivity contribution in [3.8, 4) is 0 Å². The van der Waals surface area contributed by atoms with Gasteiger partial charge >= 0.3 is 0 Å². The van der Waals surface area contributed by atoms with Crippen LogP contribution in [0.4, 0.5) is 0 Å². The first-order valence-corrected chi connectivity index (χ1v) is 6.52. The molecule has 0 spiro atoms. The molecule has 1 aromatic carbocycles. The van der Waals surface area contributed by atoms with E-state index >= 15 is 0 Å². The molecule has 2 heteroatoms. The molecule has 1 aromatic heterocycles. The normalized spacial score (nSPS) is 14.1. The zero-order chi connectivity index (χ0) is 12.8. The number of benzene rings is 1. The summed E-state index contributed by atoms with van der Waals surface area (Å²) in [4.78, 5) is 4.17. The van der Waals surface area contributed by atoms with E-state index in [0.29, 0.717) is 12.1 Å². The number of aromatic nitrogens is 1. The Bertz CT molecular complexity index is 453. The molecule has 0 bridgehead atoms. The molecular formula is C16H20N2. The summed E-state index contributed by atoms with van der Waals surface area (Å²) < 4.78 is 0. The molecule has 0 saturated heterocycles. The Hall–Kier alpha value is -1.67. The molecule has 0 aliphatic rings. The molecule has 0 saturated carbocycles. The van der Waals surface area contributed by atoms with E-state index in [1.54, 1.807) is 0 Å². The number of hydrogen-bond acceptors (Lipinski definition) is 2. The lowest BCUT2D eigenvalue weighted by Crippen LogP contribution is -2.24. The summed E-state index contributed by atoms with van der Waals surface area (Å²) in [7, 11) is 0. The second kappa shape index (κ2) is 6.31. The molecule has 1 N–H and O–H groups in total. The van der Waals surface area contributed by atoms with Gasteiger partial charge in [0.1, 0.15) is 0 Å². The first kappa shape index (κ1) is 12.8. The van der Waals surface area contributed by atoms with Crippen LogP contribution >= 0.6 is 0 Å². The lowest BCUT2D eigenvalue weighted by Gasteiger charge is -2.22. The second-order valence-electron chi connectivity index (χ2n) is 4.55. The van der Waals surface area contributed by atoms with Crippen LogP contribution in [-0.4, -0.2) is 4.98 Å². The first-order valence-electron chi connectivity index (χ1n) is 6.52. The maximum absolute atomic E-state index is 4.17. The van der Waals surface area contributed by atoms with Crippen LogP contribution < -0.4 is 5.32 Å². The van der Waals surface area contributed by atoms with Gasteiger partial charge in [-0.15, -0.1) is 0 Å². The van der Waals surface area contributed by atoms with Crippen LogP contribution in [0, 0.1) is 0 Å². The van der Waals surface area contributed by atoms with Crippen molar-refractivity contribution < 1.29 is 0 Å². The van der Waals surface area contributed by atoms with Crippen LogP contribution in [0.1, 0.15) is 43.5 Å². The summed E-state index contributed by atoms with van der Waals surface area (Å²) in [6.07, 6.45) is 4.81. The minimum absolute atomic E-state index is 0.309. The summed E-state index contributed by atoms with van der Waals surface area (Å²) in [5, 5.41) is 3.66. The van der Waals surface area contributed by atoms with E-state index in [9.17, 15) is 0 Å². The van der Waals surface area contributed by atoms with Gasteiger partial charge in [0.05, 0.1) is 0 Å². The fourth-order valence-electron chi connectivity index (χ4n) is 2.17. The Morgan fingerprint density at radius 1 is 1.06 bits per heavy atom. The quantitative estimate of drug-likeness (QED) is 0.857. The molecule has 94 valence electrons. The number of nitrogens with zero attached hydrogens (tertiary/aromatic N) is 1. The van der Waals surface area contributed by atoms with Gasteiger partial charge in [-0.3, -0.25) is 4.98 Å². The van der Waals surface area contributed by atoms with E-state index in [2.05, 4.69) is 60.5 Å². The Morgan fingerprint density at radius 2 is 1.78 bits per heavy atom. The molecule has 0 amide bonds. The first-order chi connectivity index (χ1) is 8.81. The van der Waals surface area contributed by atoms with Gasteiger partial charge in [-0.1, -0.05) is 43.3 Å². The predicted octanol–water partition coefficient (Wildman–Crippen LogP) is 3.88. The third-order valence-electron chi connectivity index (χ3n) is 3.25. The summed E-state index contributed by atoms with van der Waals surface area (Å²) in [5.41, 5.74) is 2.57. The lowest BCUT2D eigenvalue weighted by atomic mass is 10.0. The third kappa shape index (κ3) is 3.17. The monoisotopic (exact) mass is 240 g/mol. The zero-order valence-electron chi connectivity index (χ0n) is 11.0. The molecule has 2 aromatic rings. The second-order valence-corrected chi connectivity index (χ2v) is 4.55. The zero-order valence-corrected chi connectivity index (χ0v) is 11.0. The van der Waals surface area contributed by atoms with Crippen LogP contribution in [0.25, 0.3) is 0 Å². The van der Waals surface area contributed by atoms with Gasteiger partial charge in [-0.2, -0.15) is 0 Å². The molecule has 2 nitrogen and oxygen atoms in total. The van der Waals surface area contributed by atoms with Crippen molar-refractivity contribution in [2.75, 3.05) is 0 Å². The molecule has 0 fully saturated rings. The van der Waals surface area contributed by atoms with E-state index in [1.807, 2.05) is 18.5 Å². The largest absolute Gasteiger partial charge is 0.303 e. The molecule has 0 radical (unpaired) electrons. The molecule has 2 unspecified atom stereocenters. The number of hydrogen-bond donors (Lipinski definition) is 1. The third-order valence-corrected chi connectivity index (χ3v) is 3.25. The standard InChI is InChI=1S/C16H20N2/c1-3-16(14-8-5-4-6-9-14)18-13(2)15-10-7-11-17-12-15/h4-13,16,18H,3H2,1-2H3. The Morgan fingerprint density at radius 3 is 2.39 bits per heavy atom. The van der Waals surface area contributed by atoms with Gasteiger partial charge in [0.25, 0.3) is 0 Å². The molecular weight excluding hydrogens is 220 g/mol. The van der Waals surface area contributed by atoms with E-state index in [-0.39, 0.29) is 0 Å². The van der Waals surface area contributed by atoms with E-state index in [1.165, 1.54) is 11.1 Å². The van der Waals surface area contributed by atoms with Gasteiger partial charge in [0, 0.05) is 24.5 Å². The molecule has 0 aliphatic heterocycles. The van der Waals surface area contributed by atoms with Gasteiger partial charge in [0.2, 0.25) is 0 Å². The fraction of sp³-hybridized carbons (Fsp3) is 0.312. The van der Waals surface area contributed by atoms with Crippen LogP contribution in [0.15, 0.2) is 54.9 Å². The molecule has 18 heavy (non-hydrogen) atoms. The van der Waals surface area contributed by atoms with E-state index < -0.39 is 0 Å². The summed E-state index contributed by atoms with van der Waals surface area (Å²) in [6, 6.07) is 15.4. The van der Waals surface area contributed by atoms with Gasteiger partial charge < -0.3 is 5.32 Å². The summed E-state index contributed by atoms with van der Waals surface area (Å²) in [5.74, 6) is 0. The average Bonchev–Trinajstić information content (AvgIpc) is 2.46. The van der Waals surface area contributed by atoms with Gasteiger partial charge in [-0.05, 0) is 30.5 Å². The highest BCUT2D eigenvalue weighted by Gasteiger charge is 2.13. The van der Waals surface area contributed by atoms with Crippen molar-refractivity contribution in [3.05, 3.63) is 66.0 Å². The highest BCUT2D eigenvalue weighted by Crippen LogP contribution is 2.21. The lowest BCUT2D eigenvalue weighted by molar-refractivity contribution is 0.456. The van der Waals surface area contributed by atoms with E-state index in [0.717, 1.165) is 6.42 Å². The number of nitrogens with one attached hydrogen (secondary N) is 1. The minimum Gasteiger partial charge on any atom is -0.303 e.